The predicted molar refractivity (Wildman–Crippen MR) is 95.4 cm³/mol. The van der Waals surface area contributed by atoms with Gasteiger partial charge in [-0.25, -0.2) is 18.0 Å². The van der Waals surface area contributed by atoms with E-state index in [0.29, 0.717) is 17.1 Å². The van der Waals surface area contributed by atoms with E-state index in [1.54, 1.807) is 13.8 Å². The number of aromatic nitrogens is 3. The lowest BCUT2D eigenvalue weighted by Crippen LogP contribution is -2.34. The second-order valence-corrected chi connectivity index (χ2v) is 6.27. The molecule has 0 unspecified atom stereocenters. The molecule has 1 N–H and O–H groups in total. The molecule has 9 heteroatoms. The molecule has 1 amide bonds. The van der Waals surface area contributed by atoms with Crippen molar-refractivity contribution < 1.29 is 18.0 Å². The van der Waals surface area contributed by atoms with E-state index in [1.807, 2.05) is 0 Å². The minimum atomic E-state index is -1.01. The quantitative estimate of drug-likeness (QED) is 0.728. The van der Waals surface area contributed by atoms with E-state index in [4.69, 9.17) is 0 Å². The van der Waals surface area contributed by atoms with Gasteiger partial charge in [-0.15, -0.1) is 0 Å². The Kier molecular flexibility index (Phi) is 5.34. The summed E-state index contributed by atoms with van der Waals surface area (Å²) in [4.78, 5) is 24.9. The highest BCUT2D eigenvalue weighted by atomic mass is 19.2. The summed E-state index contributed by atoms with van der Waals surface area (Å²) in [6.45, 7) is 2.87. The lowest BCUT2D eigenvalue weighted by Gasteiger charge is -2.15. The molecule has 0 aliphatic rings. The summed E-state index contributed by atoms with van der Waals surface area (Å²) >= 11 is 0. The fourth-order valence-corrected chi connectivity index (χ4v) is 2.72. The molecule has 28 heavy (non-hydrogen) atoms. The SMILES string of the molecule is Cc1nn(-c2ccc(F)cc2)c(=O)n1CC(=O)N[C@@H](C)c1ccc(F)c(F)c1. The van der Waals surface area contributed by atoms with Crippen LogP contribution in [0.5, 0.6) is 0 Å². The molecule has 2 aromatic carbocycles. The van der Waals surface area contributed by atoms with Crippen molar-refractivity contribution in [2.75, 3.05) is 0 Å². The Morgan fingerprint density at radius 1 is 1.11 bits per heavy atom. The van der Waals surface area contributed by atoms with Crippen LogP contribution in [0.3, 0.4) is 0 Å². The van der Waals surface area contributed by atoms with Crippen LogP contribution >= 0.6 is 0 Å². The van der Waals surface area contributed by atoms with Crippen LogP contribution in [0.25, 0.3) is 5.69 Å². The first-order chi connectivity index (χ1) is 13.3. The number of carbonyl (C=O) groups excluding carboxylic acids is 1. The summed E-state index contributed by atoms with van der Waals surface area (Å²) in [5, 5.41) is 6.72. The van der Waals surface area contributed by atoms with E-state index in [9.17, 15) is 22.8 Å². The third-order valence-electron chi connectivity index (χ3n) is 4.24. The van der Waals surface area contributed by atoms with Crippen molar-refractivity contribution in [3.05, 3.63) is 81.8 Å². The van der Waals surface area contributed by atoms with Gasteiger partial charge in [0.25, 0.3) is 0 Å². The van der Waals surface area contributed by atoms with Crippen molar-refractivity contribution in [2.24, 2.45) is 0 Å². The van der Waals surface area contributed by atoms with E-state index in [-0.39, 0.29) is 6.54 Å². The zero-order chi connectivity index (χ0) is 20.4. The largest absolute Gasteiger partial charge is 0.351 e. The molecule has 1 aromatic heterocycles. The molecule has 0 spiro atoms. The maximum atomic E-state index is 13.4. The fourth-order valence-electron chi connectivity index (χ4n) is 2.72. The molecule has 3 rings (SSSR count). The van der Waals surface area contributed by atoms with Crippen molar-refractivity contribution in [1.29, 1.82) is 0 Å². The molecule has 146 valence electrons. The number of carbonyl (C=O) groups is 1. The third-order valence-corrected chi connectivity index (χ3v) is 4.24. The van der Waals surface area contributed by atoms with Crippen LogP contribution in [0, 0.1) is 24.4 Å². The van der Waals surface area contributed by atoms with Crippen LogP contribution < -0.4 is 11.0 Å². The molecule has 0 aliphatic heterocycles. The highest BCUT2D eigenvalue weighted by Gasteiger charge is 2.17. The van der Waals surface area contributed by atoms with Gasteiger partial charge in [-0.05, 0) is 55.8 Å². The van der Waals surface area contributed by atoms with Gasteiger partial charge in [-0.1, -0.05) is 6.07 Å². The van der Waals surface area contributed by atoms with Gasteiger partial charge in [-0.3, -0.25) is 9.36 Å². The van der Waals surface area contributed by atoms with Gasteiger partial charge < -0.3 is 5.32 Å². The average Bonchev–Trinajstić information content (AvgIpc) is 2.92. The minimum Gasteiger partial charge on any atom is -0.348 e. The van der Waals surface area contributed by atoms with Gasteiger partial charge in [-0.2, -0.15) is 9.78 Å². The van der Waals surface area contributed by atoms with Crippen LogP contribution in [0.1, 0.15) is 24.4 Å². The second-order valence-electron chi connectivity index (χ2n) is 6.27. The van der Waals surface area contributed by atoms with E-state index in [2.05, 4.69) is 10.4 Å². The van der Waals surface area contributed by atoms with E-state index >= 15 is 0 Å². The molecule has 0 radical (unpaired) electrons. The standard InChI is InChI=1S/C19H17F3N4O2/c1-11(13-3-8-16(21)17(22)9-13)23-18(27)10-25-12(2)24-26(19(25)28)15-6-4-14(20)5-7-15/h3-9,11H,10H2,1-2H3,(H,23,27)/t11-/m0/s1. The van der Waals surface area contributed by atoms with Crippen LogP contribution in [-0.4, -0.2) is 20.3 Å². The van der Waals surface area contributed by atoms with Gasteiger partial charge in [0.05, 0.1) is 11.7 Å². The van der Waals surface area contributed by atoms with Gasteiger partial charge in [0.2, 0.25) is 5.91 Å². The number of benzene rings is 2. The van der Waals surface area contributed by atoms with Crippen molar-refractivity contribution in [3.8, 4) is 5.69 Å². The summed E-state index contributed by atoms with van der Waals surface area (Å²) in [5.74, 6) is -2.63. The van der Waals surface area contributed by atoms with Crippen molar-refractivity contribution in [1.82, 2.24) is 19.7 Å². The zero-order valence-corrected chi connectivity index (χ0v) is 15.1. The summed E-state index contributed by atoms with van der Waals surface area (Å²) in [5.41, 5.74) is 0.196. The number of hydrogen-bond donors (Lipinski definition) is 1. The molecule has 1 heterocycles. The van der Waals surface area contributed by atoms with Gasteiger partial charge in [0.1, 0.15) is 18.2 Å². The molecule has 6 nitrogen and oxygen atoms in total. The summed E-state index contributed by atoms with van der Waals surface area (Å²) in [6.07, 6.45) is 0. The Morgan fingerprint density at radius 3 is 2.43 bits per heavy atom. The summed E-state index contributed by atoms with van der Waals surface area (Å²) < 4.78 is 41.7. The predicted octanol–water partition coefficient (Wildman–Crippen LogP) is 2.64. The number of aryl methyl sites for hydroxylation is 1. The highest BCUT2D eigenvalue weighted by Crippen LogP contribution is 2.16. The van der Waals surface area contributed by atoms with Crippen LogP contribution in [0.2, 0.25) is 0 Å². The molecule has 3 aromatic rings. The molecule has 0 saturated heterocycles. The maximum Gasteiger partial charge on any atom is 0.351 e. The van der Waals surface area contributed by atoms with Gasteiger partial charge in [0, 0.05) is 0 Å². The van der Waals surface area contributed by atoms with Crippen LogP contribution in [-0.2, 0) is 11.3 Å². The number of rotatable bonds is 5. The molecule has 0 bridgehead atoms. The fraction of sp³-hybridized carbons (Fsp3) is 0.211. The van der Waals surface area contributed by atoms with Crippen molar-refractivity contribution in [2.45, 2.75) is 26.4 Å². The Labute approximate surface area is 158 Å². The Morgan fingerprint density at radius 2 is 1.79 bits per heavy atom. The first-order valence-corrected chi connectivity index (χ1v) is 8.43. The molecule has 0 saturated carbocycles. The first-order valence-electron chi connectivity index (χ1n) is 8.43. The number of hydrogen-bond acceptors (Lipinski definition) is 3. The number of amides is 1. The average molecular weight is 390 g/mol. The third kappa shape index (κ3) is 3.98. The second kappa shape index (κ2) is 7.71. The van der Waals surface area contributed by atoms with E-state index < -0.39 is 35.1 Å². The molecular formula is C19H17F3N4O2. The number of nitrogens with one attached hydrogen (secondary N) is 1. The highest BCUT2D eigenvalue weighted by molar-refractivity contribution is 5.76. The topological polar surface area (TPSA) is 68.9 Å². The first kappa shape index (κ1) is 19.4. The molecule has 0 fully saturated rings. The minimum absolute atomic E-state index is 0.296. The maximum absolute atomic E-state index is 13.4. The Bertz CT molecular complexity index is 1070. The van der Waals surface area contributed by atoms with Crippen LogP contribution in [0.4, 0.5) is 13.2 Å². The lowest BCUT2D eigenvalue weighted by molar-refractivity contribution is -0.122. The van der Waals surface area contributed by atoms with Crippen molar-refractivity contribution >= 4 is 5.91 Å². The number of halogens is 3. The number of nitrogens with zero attached hydrogens (tertiary/aromatic N) is 3. The van der Waals surface area contributed by atoms with Gasteiger partial charge in [0.15, 0.2) is 11.6 Å². The van der Waals surface area contributed by atoms with Crippen molar-refractivity contribution in [3.63, 3.8) is 0 Å². The smallest absolute Gasteiger partial charge is 0.348 e. The normalized spacial score (nSPS) is 12.0. The summed E-state index contributed by atoms with van der Waals surface area (Å²) in [6, 6.07) is 7.97. The monoisotopic (exact) mass is 390 g/mol. The molecular weight excluding hydrogens is 373 g/mol. The van der Waals surface area contributed by atoms with E-state index in [0.717, 1.165) is 21.4 Å². The lowest BCUT2D eigenvalue weighted by atomic mass is 10.1. The van der Waals surface area contributed by atoms with E-state index in [1.165, 1.54) is 30.3 Å². The molecule has 1 atom stereocenters. The molecule has 0 aliphatic carbocycles. The van der Waals surface area contributed by atoms with Crippen LogP contribution in [0.15, 0.2) is 47.3 Å². The zero-order valence-electron chi connectivity index (χ0n) is 15.1. The Balaban J connectivity index is 1.76. The Hall–Kier alpha value is -3.36. The van der Waals surface area contributed by atoms with Gasteiger partial charge >= 0.3 is 5.69 Å². The summed E-state index contributed by atoms with van der Waals surface area (Å²) in [7, 11) is 0.